The van der Waals surface area contributed by atoms with Crippen LogP contribution in [0.4, 0.5) is 0 Å². The second kappa shape index (κ2) is 8.61. The number of thioether (sulfide) groups is 1. The third-order valence-electron chi connectivity index (χ3n) is 4.73. The van der Waals surface area contributed by atoms with Gasteiger partial charge in [0.05, 0.1) is 6.54 Å². The number of aromatic nitrogens is 4. The van der Waals surface area contributed by atoms with Crippen LogP contribution >= 0.6 is 11.8 Å². The van der Waals surface area contributed by atoms with E-state index in [0.717, 1.165) is 27.5 Å². The van der Waals surface area contributed by atoms with Crippen molar-refractivity contribution in [3.8, 4) is 0 Å². The van der Waals surface area contributed by atoms with Gasteiger partial charge in [0.25, 0.3) is 5.56 Å². The Bertz CT molecular complexity index is 1030. The van der Waals surface area contributed by atoms with Crippen molar-refractivity contribution < 1.29 is 0 Å². The van der Waals surface area contributed by atoms with E-state index >= 15 is 0 Å². The minimum atomic E-state index is -0.351. The summed E-state index contributed by atoms with van der Waals surface area (Å²) in [6.45, 7) is 2.75. The maximum atomic E-state index is 12.8. The molecule has 0 amide bonds. The number of imidazole rings is 1. The summed E-state index contributed by atoms with van der Waals surface area (Å²) in [4.78, 5) is 29.8. The van der Waals surface area contributed by atoms with Gasteiger partial charge in [0.1, 0.15) is 0 Å². The topological polar surface area (TPSA) is 61.8 Å². The van der Waals surface area contributed by atoms with E-state index in [1.807, 2.05) is 34.9 Å². The number of hydrogen-bond donors (Lipinski definition) is 0. The molecule has 0 saturated heterocycles. The van der Waals surface area contributed by atoms with Gasteiger partial charge in [0, 0.05) is 19.8 Å². The number of benzene rings is 1. The highest BCUT2D eigenvalue weighted by Crippen LogP contribution is 2.24. The van der Waals surface area contributed by atoms with E-state index in [9.17, 15) is 9.59 Å². The van der Waals surface area contributed by atoms with Crippen molar-refractivity contribution in [2.75, 3.05) is 5.75 Å². The molecule has 6 nitrogen and oxygen atoms in total. The molecule has 27 heavy (non-hydrogen) atoms. The average molecular weight is 387 g/mol. The first-order valence-corrected chi connectivity index (χ1v) is 10.4. The van der Waals surface area contributed by atoms with Crippen LogP contribution in [0, 0.1) is 0 Å². The summed E-state index contributed by atoms with van der Waals surface area (Å²) in [7, 11) is 3.18. The van der Waals surface area contributed by atoms with Crippen molar-refractivity contribution in [1.82, 2.24) is 18.7 Å². The summed E-state index contributed by atoms with van der Waals surface area (Å²) in [5.41, 5.74) is 1.39. The Morgan fingerprint density at radius 2 is 1.74 bits per heavy atom. The lowest BCUT2D eigenvalue weighted by Crippen LogP contribution is -2.37. The van der Waals surface area contributed by atoms with Gasteiger partial charge in [0.15, 0.2) is 16.3 Å². The summed E-state index contributed by atoms with van der Waals surface area (Å²) in [6.07, 6.45) is 4.75. The van der Waals surface area contributed by atoms with Crippen LogP contribution in [0.1, 0.15) is 38.2 Å². The average Bonchev–Trinajstić information content (AvgIpc) is 3.04. The summed E-state index contributed by atoms with van der Waals surface area (Å²) >= 11 is 1.66. The summed E-state index contributed by atoms with van der Waals surface area (Å²) in [5, 5.41) is 0.795. The zero-order valence-corrected chi connectivity index (χ0v) is 17.0. The van der Waals surface area contributed by atoms with Crippen LogP contribution in [0.5, 0.6) is 0 Å². The van der Waals surface area contributed by atoms with E-state index in [0.29, 0.717) is 17.7 Å². The molecule has 3 aromatic rings. The molecular formula is C20H26N4O2S. The molecule has 0 spiro atoms. The molecule has 0 atom stereocenters. The number of hydrogen-bond acceptors (Lipinski definition) is 4. The second-order valence-corrected chi connectivity index (χ2v) is 7.82. The standard InChI is InChI=1S/C20H26N4O2S/c1-4-5-6-10-13-27-19-21-17-16(18(25)23(3)20(26)22(17)2)24(19)14-15-11-8-7-9-12-15/h7-9,11-12H,4-6,10,13-14H2,1-3H3. The second-order valence-electron chi connectivity index (χ2n) is 6.75. The van der Waals surface area contributed by atoms with Gasteiger partial charge in [0.2, 0.25) is 0 Å². The minimum absolute atomic E-state index is 0.297. The fraction of sp³-hybridized carbons (Fsp3) is 0.450. The highest BCUT2D eigenvalue weighted by Gasteiger charge is 2.19. The molecule has 0 unspecified atom stereocenters. The van der Waals surface area contributed by atoms with Crippen LogP contribution < -0.4 is 11.2 Å². The molecule has 0 aliphatic rings. The smallest absolute Gasteiger partial charge is 0.309 e. The van der Waals surface area contributed by atoms with Crippen molar-refractivity contribution in [2.45, 2.75) is 44.3 Å². The van der Waals surface area contributed by atoms with Crippen molar-refractivity contribution in [3.63, 3.8) is 0 Å². The van der Waals surface area contributed by atoms with Gasteiger partial charge in [-0.25, -0.2) is 9.78 Å². The maximum absolute atomic E-state index is 12.8. The Labute approximate surface area is 162 Å². The number of aryl methyl sites for hydroxylation is 1. The van der Waals surface area contributed by atoms with E-state index in [4.69, 9.17) is 0 Å². The summed E-state index contributed by atoms with van der Waals surface area (Å²) in [5.74, 6) is 0.951. The molecule has 2 aromatic heterocycles. The molecule has 0 saturated carbocycles. The zero-order valence-electron chi connectivity index (χ0n) is 16.1. The van der Waals surface area contributed by atoms with E-state index in [1.165, 1.54) is 30.9 Å². The van der Waals surface area contributed by atoms with Crippen LogP contribution in [0.3, 0.4) is 0 Å². The SMILES string of the molecule is CCCCCCSc1nc2c(c(=O)n(C)c(=O)n2C)n1Cc1ccccc1. The van der Waals surface area contributed by atoms with Crippen LogP contribution in [-0.4, -0.2) is 24.4 Å². The number of nitrogens with zero attached hydrogens (tertiary/aromatic N) is 4. The molecular weight excluding hydrogens is 360 g/mol. The van der Waals surface area contributed by atoms with Crippen molar-refractivity contribution in [3.05, 3.63) is 56.7 Å². The first-order chi connectivity index (χ1) is 13.0. The zero-order chi connectivity index (χ0) is 19.4. The van der Waals surface area contributed by atoms with Gasteiger partial charge in [-0.15, -0.1) is 0 Å². The molecule has 0 N–H and O–H groups in total. The van der Waals surface area contributed by atoms with Crippen LogP contribution in [0.2, 0.25) is 0 Å². The van der Waals surface area contributed by atoms with Crippen molar-refractivity contribution >= 4 is 22.9 Å². The third kappa shape index (κ3) is 4.03. The first kappa shape index (κ1) is 19.5. The Balaban J connectivity index is 2.05. The van der Waals surface area contributed by atoms with E-state index in [1.54, 1.807) is 18.8 Å². The number of fused-ring (bicyclic) bond motifs is 1. The monoisotopic (exact) mass is 386 g/mol. The number of unbranched alkanes of at least 4 members (excludes halogenated alkanes) is 3. The predicted molar refractivity (Wildman–Crippen MR) is 111 cm³/mol. The van der Waals surface area contributed by atoms with Gasteiger partial charge in [-0.05, 0) is 12.0 Å². The van der Waals surface area contributed by atoms with Crippen LogP contribution in [-0.2, 0) is 20.6 Å². The van der Waals surface area contributed by atoms with Crippen LogP contribution in [0.25, 0.3) is 11.2 Å². The van der Waals surface area contributed by atoms with E-state index < -0.39 is 0 Å². The predicted octanol–water partition coefficient (Wildman–Crippen LogP) is 3.15. The molecule has 0 radical (unpaired) electrons. The van der Waals surface area contributed by atoms with Crippen molar-refractivity contribution in [2.24, 2.45) is 14.1 Å². The Morgan fingerprint density at radius 1 is 1.00 bits per heavy atom. The van der Waals surface area contributed by atoms with Gasteiger partial charge in [-0.3, -0.25) is 13.9 Å². The number of rotatable bonds is 8. The Kier molecular flexibility index (Phi) is 6.21. The summed E-state index contributed by atoms with van der Waals surface area (Å²) in [6, 6.07) is 10.0. The quantitative estimate of drug-likeness (QED) is 0.441. The molecule has 7 heteroatoms. The molecule has 1 aromatic carbocycles. The minimum Gasteiger partial charge on any atom is -0.309 e. The molecule has 0 bridgehead atoms. The lowest BCUT2D eigenvalue weighted by molar-refractivity contribution is 0.694. The molecule has 144 valence electrons. The van der Waals surface area contributed by atoms with E-state index in [-0.39, 0.29) is 11.2 Å². The third-order valence-corrected chi connectivity index (χ3v) is 5.79. The maximum Gasteiger partial charge on any atom is 0.332 e. The molecule has 0 aliphatic heterocycles. The fourth-order valence-electron chi connectivity index (χ4n) is 3.14. The molecule has 0 fully saturated rings. The lowest BCUT2D eigenvalue weighted by Gasteiger charge is -2.09. The van der Waals surface area contributed by atoms with Crippen molar-refractivity contribution in [1.29, 1.82) is 0 Å². The molecule has 0 aliphatic carbocycles. The van der Waals surface area contributed by atoms with Gasteiger partial charge in [-0.1, -0.05) is 68.3 Å². The molecule has 3 rings (SSSR count). The highest BCUT2D eigenvalue weighted by molar-refractivity contribution is 7.99. The summed E-state index contributed by atoms with van der Waals surface area (Å²) < 4.78 is 4.57. The van der Waals surface area contributed by atoms with Crippen LogP contribution in [0.15, 0.2) is 45.1 Å². The normalized spacial score (nSPS) is 11.4. The van der Waals surface area contributed by atoms with Gasteiger partial charge in [-0.2, -0.15) is 0 Å². The fourth-order valence-corrected chi connectivity index (χ4v) is 4.14. The first-order valence-electron chi connectivity index (χ1n) is 9.37. The Hall–Kier alpha value is -2.28. The van der Waals surface area contributed by atoms with Gasteiger partial charge >= 0.3 is 5.69 Å². The largest absolute Gasteiger partial charge is 0.332 e. The Morgan fingerprint density at radius 3 is 2.44 bits per heavy atom. The lowest BCUT2D eigenvalue weighted by atomic mass is 10.2. The van der Waals surface area contributed by atoms with E-state index in [2.05, 4.69) is 11.9 Å². The molecule has 2 heterocycles. The van der Waals surface area contributed by atoms with Gasteiger partial charge < -0.3 is 4.57 Å². The highest BCUT2D eigenvalue weighted by atomic mass is 32.2.